The number of nitrogens with one attached hydrogen (secondary N) is 1. The second-order valence-electron chi connectivity index (χ2n) is 3.61. The number of rotatable bonds is 5. The lowest BCUT2D eigenvalue weighted by Gasteiger charge is -2.33. The van der Waals surface area contributed by atoms with E-state index in [4.69, 9.17) is 5.73 Å². The third kappa shape index (κ3) is 3.59. The number of piperidine rings is 1. The first-order valence-corrected chi connectivity index (χ1v) is 5.03. The molecule has 1 aliphatic rings. The Kier molecular flexibility index (Phi) is 4.82. The summed E-state index contributed by atoms with van der Waals surface area (Å²) >= 11 is 0. The van der Waals surface area contributed by atoms with Crippen LogP contribution in [0.25, 0.3) is 0 Å². The molecule has 1 saturated heterocycles. The predicted molar refractivity (Wildman–Crippen MR) is 52.6 cm³/mol. The van der Waals surface area contributed by atoms with Crippen molar-refractivity contribution >= 4 is 5.91 Å². The number of nitrogens with two attached hydrogens (primary N) is 1. The third-order valence-corrected chi connectivity index (χ3v) is 2.56. The second-order valence-corrected chi connectivity index (χ2v) is 3.61. The Bertz CT molecular complexity index is 183. The van der Waals surface area contributed by atoms with E-state index in [9.17, 15) is 9.18 Å². The lowest BCUT2D eigenvalue weighted by Crippen LogP contribution is -2.47. The molecule has 0 aromatic heterocycles. The van der Waals surface area contributed by atoms with Crippen molar-refractivity contribution in [1.82, 2.24) is 10.2 Å². The highest BCUT2D eigenvalue weighted by Crippen LogP contribution is 2.10. The van der Waals surface area contributed by atoms with Crippen molar-refractivity contribution in [3.63, 3.8) is 0 Å². The van der Waals surface area contributed by atoms with Gasteiger partial charge in [-0.2, -0.15) is 0 Å². The number of hydrogen-bond acceptors (Lipinski definition) is 3. The topological polar surface area (TPSA) is 58.4 Å². The van der Waals surface area contributed by atoms with Crippen LogP contribution in [0.15, 0.2) is 0 Å². The number of amides is 1. The van der Waals surface area contributed by atoms with Crippen LogP contribution in [0.2, 0.25) is 0 Å². The smallest absolute Gasteiger partial charge is 0.231 e. The average molecular weight is 203 g/mol. The molecule has 0 unspecified atom stereocenters. The first-order valence-electron chi connectivity index (χ1n) is 5.03. The first-order chi connectivity index (χ1) is 6.74. The van der Waals surface area contributed by atoms with Crippen molar-refractivity contribution in [3.8, 4) is 0 Å². The Morgan fingerprint density at radius 1 is 1.50 bits per heavy atom. The second kappa shape index (κ2) is 5.93. The van der Waals surface area contributed by atoms with Crippen LogP contribution in [0.5, 0.6) is 0 Å². The number of halogens is 1. The van der Waals surface area contributed by atoms with E-state index in [1.165, 1.54) is 0 Å². The van der Waals surface area contributed by atoms with Gasteiger partial charge in [0.05, 0.1) is 6.54 Å². The Morgan fingerprint density at radius 2 is 2.14 bits per heavy atom. The minimum atomic E-state index is -0.419. The van der Waals surface area contributed by atoms with Crippen LogP contribution in [0.4, 0.5) is 4.39 Å². The molecule has 1 heterocycles. The summed E-state index contributed by atoms with van der Waals surface area (Å²) in [5.41, 5.74) is 5.11. The van der Waals surface area contributed by atoms with E-state index in [0.29, 0.717) is 12.6 Å². The van der Waals surface area contributed by atoms with Gasteiger partial charge < -0.3 is 11.1 Å². The maximum absolute atomic E-state index is 12.2. The standard InChI is InChI=1S/C9H18FN3O/c10-3-6-13(7-9(11)14)8-1-4-12-5-2-8/h8,12H,1-7H2,(H2,11,14). The molecule has 0 spiro atoms. The minimum absolute atomic E-state index is 0.175. The van der Waals surface area contributed by atoms with Crippen molar-refractivity contribution in [2.24, 2.45) is 5.73 Å². The third-order valence-electron chi connectivity index (χ3n) is 2.56. The fourth-order valence-electron chi connectivity index (χ4n) is 1.87. The van der Waals surface area contributed by atoms with E-state index in [0.717, 1.165) is 25.9 Å². The van der Waals surface area contributed by atoms with Crippen molar-refractivity contribution in [2.75, 3.05) is 32.9 Å². The van der Waals surface area contributed by atoms with Gasteiger partial charge in [0, 0.05) is 12.6 Å². The zero-order valence-electron chi connectivity index (χ0n) is 8.34. The van der Waals surface area contributed by atoms with Gasteiger partial charge in [0.2, 0.25) is 5.91 Å². The molecule has 1 amide bonds. The first kappa shape index (κ1) is 11.4. The summed E-state index contributed by atoms with van der Waals surface area (Å²) in [4.78, 5) is 12.6. The zero-order chi connectivity index (χ0) is 10.4. The van der Waals surface area contributed by atoms with Gasteiger partial charge in [0.25, 0.3) is 0 Å². The summed E-state index contributed by atoms with van der Waals surface area (Å²) in [6.45, 7) is 1.94. The van der Waals surface area contributed by atoms with Crippen LogP contribution in [0.1, 0.15) is 12.8 Å². The Morgan fingerprint density at radius 3 is 2.64 bits per heavy atom. The summed E-state index contributed by atoms with van der Waals surface area (Å²) < 4.78 is 12.2. The fraction of sp³-hybridized carbons (Fsp3) is 0.889. The van der Waals surface area contributed by atoms with E-state index in [-0.39, 0.29) is 12.5 Å². The quantitative estimate of drug-likeness (QED) is 0.633. The SMILES string of the molecule is NC(=O)CN(CCF)C1CCNCC1. The van der Waals surface area contributed by atoms with Crippen LogP contribution in [-0.4, -0.2) is 49.7 Å². The van der Waals surface area contributed by atoms with Gasteiger partial charge in [0.15, 0.2) is 0 Å². The van der Waals surface area contributed by atoms with Gasteiger partial charge in [-0.05, 0) is 25.9 Å². The average Bonchev–Trinajstić information content (AvgIpc) is 2.18. The van der Waals surface area contributed by atoms with Crippen LogP contribution in [0, 0.1) is 0 Å². The maximum Gasteiger partial charge on any atom is 0.231 e. The van der Waals surface area contributed by atoms with Crippen LogP contribution >= 0.6 is 0 Å². The largest absolute Gasteiger partial charge is 0.369 e. The molecule has 0 saturated carbocycles. The molecule has 4 nitrogen and oxygen atoms in total. The Hall–Kier alpha value is -0.680. The molecule has 0 aliphatic carbocycles. The highest BCUT2D eigenvalue weighted by molar-refractivity contribution is 5.75. The molecule has 14 heavy (non-hydrogen) atoms. The lowest BCUT2D eigenvalue weighted by molar-refractivity contribution is -0.119. The molecule has 3 N–H and O–H groups in total. The van der Waals surface area contributed by atoms with Crippen molar-refractivity contribution < 1.29 is 9.18 Å². The van der Waals surface area contributed by atoms with Gasteiger partial charge in [0.1, 0.15) is 6.67 Å². The molecule has 0 atom stereocenters. The lowest BCUT2D eigenvalue weighted by atomic mass is 10.0. The fourth-order valence-corrected chi connectivity index (χ4v) is 1.87. The predicted octanol–water partition coefficient (Wildman–Crippen LogP) is -0.505. The Balaban J connectivity index is 2.42. The number of hydrogen-bond donors (Lipinski definition) is 2. The van der Waals surface area contributed by atoms with Gasteiger partial charge in [-0.1, -0.05) is 0 Å². The Labute approximate surface area is 83.6 Å². The van der Waals surface area contributed by atoms with Crippen molar-refractivity contribution in [3.05, 3.63) is 0 Å². The van der Waals surface area contributed by atoms with Crippen molar-refractivity contribution in [1.29, 1.82) is 0 Å². The number of nitrogens with zero attached hydrogens (tertiary/aromatic N) is 1. The van der Waals surface area contributed by atoms with E-state index in [1.54, 1.807) is 0 Å². The molecule has 0 aromatic carbocycles. The summed E-state index contributed by atoms with van der Waals surface area (Å²) in [6.07, 6.45) is 1.93. The van der Waals surface area contributed by atoms with Crippen LogP contribution < -0.4 is 11.1 Å². The van der Waals surface area contributed by atoms with Crippen molar-refractivity contribution in [2.45, 2.75) is 18.9 Å². The zero-order valence-corrected chi connectivity index (χ0v) is 8.34. The molecular formula is C9H18FN3O. The molecule has 0 radical (unpaired) electrons. The molecule has 5 heteroatoms. The molecule has 1 fully saturated rings. The number of carbonyl (C=O) groups excluding carboxylic acids is 1. The summed E-state index contributed by atoms with van der Waals surface area (Å²) in [5, 5.41) is 3.23. The van der Waals surface area contributed by atoms with Gasteiger partial charge in [-0.3, -0.25) is 9.69 Å². The summed E-state index contributed by atoms with van der Waals surface area (Å²) in [6, 6.07) is 0.305. The number of primary amides is 1. The normalized spacial score (nSPS) is 18.7. The minimum Gasteiger partial charge on any atom is -0.369 e. The molecule has 0 aromatic rings. The molecule has 82 valence electrons. The van der Waals surface area contributed by atoms with Gasteiger partial charge >= 0.3 is 0 Å². The van der Waals surface area contributed by atoms with E-state index in [2.05, 4.69) is 5.32 Å². The molecular weight excluding hydrogens is 185 g/mol. The van der Waals surface area contributed by atoms with E-state index < -0.39 is 6.67 Å². The highest BCUT2D eigenvalue weighted by Gasteiger charge is 2.21. The monoisotopic (exact) mass is 203 g/mol. The summed E-state index contributed by atoms with van der Waals surface area (Å²) in [7, 11) is 0. The summed E-state index contributed by atoms with van der Waals surface area (Å²) in [5.74, 6) is -0.378. The maximum atomic E-state index is 12.2. The number of alkyl halides is 1. The van der Waals surface area contributed by atoms with E-state index in [1.807, 2.05) is 4.90 Å². The highest BCUT2D eigenvalue weighted by atomic mass is 19.1. The van der Waals surface area contributed by atoms with Gasteiger partial charge in [-0.25, -0.2) is 4.39 Å². The number of carbonyl (C=O) groups is 1. The van der Waals surface area contributed by atoms with E-state index >= 15 is 0 Å². The molecule has 1 rings (SSSR count). The van der Waals surface area contributed by atoms with Crippen LogP contribution in [0.3, 0.4) is 0 Å². The molecule has 1 aliphatic heterocycles. The molecule has 0 bridgehead atoms. The van der Waals surface area contributed by atoms with Gasteiger partial charge in [-0.15, -0.1) is 0 Å². The van der Waals surface area contributed by atoms with Crippen LogP contribution in [-0.2, 0) is 4.79 Å².